The summed E-state index contributed by atoms with van der Waals surface area (Å²) in [5.41, 5.74) is -1.03. The quantitative estimate of drug-likeness (QED) is 0.0805. The fourth-order valence-electron chi connectivity index (χ4n) is 4.68. The Balaban J connectivity index is 0. The average Bonchev–Trinajstić information content (AvgIpc) is 2.76. The SMILES string of the molecule is C=CC(=O)NC(C)(CCCCCCCCCCCCCCCCCCCCCC)CS(=O)(=O)[O-].[Na+]. The van der Waals surface area contributed by atoms with Gasteiger partial charge in [-0.2, -0.15) is 0 Å². The van der Waals surface area contributed by atoms with Gasteiger partial charge in [0.2, 0.25) is 5.91 Å². The van der Waals surface area contributed by atoms with Gasteiger partial charge >= 0.3 is 29.6 Å². The van der Waals surface area contributed by atoms with Crippen LogP contribution in [0.1, 0.15) is 149 Å². The van der Waals surface area contributed by atoms with Crippen molar-refractivity contribution in [1.29, 1.82) is 0 Å². The van der Waals surface area contributed by atoms with Gasteiger partial charge in [-0.3, -0.25) is 4.79 Å². The summed E-state index contributed by atoms with van der Waals surface area (Å²) in [5, 5.41) is 2.62. The second-order valence-corrected chi connectivity index (χ2v) is 11.8. The van der Waals surface area contributed by atoms with Gasteiger partial charge in [-0.25, -0.2) is 8.42 Å². The van der Waals surface area contributed by atoms with E-state index < -0.39 is 27.3 Å². The molecule has 0 fully saturated rings. The van der Waals surface area contributed by atoms with E-state index in [1.165, 1.54) is 109 Å². The van der Waals surface area contributed by atoms with E-state index in [0.29, 0.717) is 6.42 Å². The molecule has 0 saturated heterocycles. The van der Waals surface area contributed by atoms with Crippen molar-refractivity contribution in [2.24, 2.45) is 0 Å². The number of unbranched alkanes of at least 4 members (excludes halogenated alkanes) is 19. The molecule has 1 atom stereocenters. The summed E-state index contributed by atoms with van der Waals surface area (Å²) in [6.07, 6.45) is 27.7. The molecule has 0 saturated carbocycles. The zero-order valence-corrected chi connectivity index (χ0v) is 26.2. The van der Waals surface area contributed by atoms with Gasteiger partial charge in [0.1, 0.15) is 0 Å². The molecule has 0 aliphatic rings. The summed E-state index contributed by atoms with van der Waals surface area (Å²) in [6, 6.07) is 0. The summed E-state index contributed by atoms with van der Waals surface area (Å²) in [5.74, 6) is -1.03. The van der Waals surface area contributed by atoms with E-state index in [9.17, 15) is 17.8 Å². The van der Waals surface area contributed by atoms with E-state index >= 15 is 0 Å². The Morgan fingerprint density at radius 1 is 0.743 bits per heavy atom. The molecular weight excluding hydrogens is 469 g/mol. The Kier molecular flexibility index (Phi) is 26.0. The van der Waals surface area contributed by atoms with Gasteiger partial charge in [-0.1, -0.05) is 142 Å². The largest absolute Gasteiger partial charge is 1.00 e. The van der Waals surface area contributed by atoms with E-state index in [1.54, 1.807) is 6.92 Å². The third kappa shape index (κ3) is 27.0. The smallest absolute Gasteiger partial charge is 0.748 e. The second kappa shape index (κ2) is 24.5. The predicted molar refractivity (Wildman–Crippen MR) is 144 cm³/mol. The van der Waals surface area contributed by atoms with Crippen LogP contribution in [0.2, 0.25) is 0 Å². The van der Waals surface area contributed by atoms with Crippen molar-refractivity contribution < 1.29 is 47.3 Å². The van der Waals surface area contributed by atoms with Gasteiger partial charge in [0.15, 0.2) is 0 Å². The number of rotatable bonds is 25. The molecule has 0 aliphatic carbocycles. The topological polar surface area (TPSA) is 86.3 Å². The van der Waals surface area contributed by atoms with Crippen LogP contribution in [0.15, 0.2) is 12.7 Å². The Labute approximate surface area is 240 Å². The number of carbonyl (C=O) groups excluding carboxylic acids is 1. The monoisotopic (exact) mass is 523 g/mol. The van der Waals surface area contributed by atoms with Crippen molar-refractivity contribution in [2.45, 2.75) is 154 Å². The Bertz CT molecular complexity index is 612. The Morgan fingerprint density at radius 3 is 1.34 bits per heavy atom. The fraction of sp³-hybridized carbons (Fsp3) is 0.893. The van der Waals surface area contributed by atoms with Crippen LogP contribution < -0.4 is 34.9 Å². The van der Waals surface area contributed by atoms with E-state index in [-0.39, 0.29) is 29.6 Å². The number of carbonyl (C=O) groups is 1. The van der Waals surface area contributed by atoms with E-state index in [4.69, 9.17) is 0 Å². The van der Waals surface area contributed by atoms with E-state index in [2.05, 4.69) is 18.8 Å². The molecule has 0 rings (SSSR count). The first kappa shape index (κ1) is 37.3. The molecule has 0 aliphatic heterocycles. The van der Waals surface area contributed by atoms with Crippen molar-refractivity contribution >= 4 is 16.0 Å². The first-order valence-electron chi connectivity index (χ1n) is 14.1. The zero-order valence-electron chi connectivity index (χ0n) is 23.4. The van der Waals surface area contributed by atoms with Crippen molar-refractivity contribution in [1.82, 2.24) is 5.32 Å². The summed E-state index contributed by atoms with van der Waals surface area (Å²) >= 11 is 0. The molecule has 0 aromatic heterocycles. The van der Waals surface area contributed by atoms with Crippen molar-refractivity contribution in [2.75, 3.05) is 5.75 Å². The van der Waals surface area contributed by atoms with Crippen molar-refractivity contribution in [3.05, 3.63) is 12.7 Å². The molecule has 0 aromatic carbocycles. The molecule has 0 spiro atoms. The van der Waals surface area contributed by atoms with Gasteiger partial charge < -0.3 is 9.87 Å². The molecule has 7 heteroatoms. The first-order valence-corrected chi connectivity index (χ1v) is 15.7. The van der Waals surface area contributed by atoms with Gasteiger partial charge in [0.25, 0.3) is 0 Å². The van der Waals surface area contributed by atoms with Crippen LogP contribution in [-0.4, -0.2) is 30.2 Å². The maximum atomic E-state index is 11.6. The van der Waals surface area contributed by atoms with E-state index in [1.807, 2.05) is 0 Å². The first-order chi connectivity index (χ1) is 16.2. The van der Waals surface area contributed by atoms with Crippen molar-refractivity contribution in [3.8, 4) is 0 Å². The molecule has 0 radical (unpaired) electrons. The minimum Gasteiger partial charge on any atom is -0.748 e. The summed E-state index contributed by atoms with van der Waals surface area (Å²) in [7, 11) is -4.41. The van der Waals surface area contributed by atoms with Gasteiger partial charge in [0.05, 0.1) is 21.4 Å². The molecule has 1 amide bonds. The molecule has 0 aromatic rings. The Morgan fingerprint density at radius 2 is 1.06 bits per heavy atom. The molecule has 1 unspecified atom stereocenters. The summed E-state index contributed by atoms with van der Waals surface area (Å²) in [6.45, 7) is 7.29. The van der Waals surface area contributed by atoms with Gasteiger partial charge in [-0.15, -0.1) is 0 Å². The standard InChI is InChI=1S/C28H55NO4S.Na/c1-4-6-7-8-9-10-11-12-13-14-15-16-17-18-19-20-21-22-23-24-25-28(3,26-34(31,32)33)29-27(30)5-2;/h5H,2,4,6-26H2,1,3H3,(H,29,30)(H,31,32,33);/q;+1/p-1. The molecule has 1 N–H and O–H groups in total. The van der Waals surface area contributed by atoms with Crippen LogP contribution in [0.25, 0.3) is 0 Å². The number of hydrogen-bond acceptors (Lipinski definition) is 4. The van der Waals surface area contributed by atoms with Crippen LogP contribution in [0.4, 0.5) is 0 Å². The van der Waals surface area contributed by atoms with Crippen LogP contribution in [0.3, 0.4) is 0 Å². The van der Waals surface area contributed by atoms with Gasteiger partial charge in [-0.05, 0) is 19.4 Å². The predicted octanol–water partition coefficient (Wildman–Crippen LogP) is 4.81. The molecule has 5 nitrogen and oxygen atoms in total. The summed E-state index contributed by atoms with van der Waals surface area (Å²) < 4.78 is 33.6. The van der Waals surface area contributed by atoms with Crippen molar-refractivity contribution in [3.63, 3.8) is 0 Å². The normalized spacial score (nSPS) is 13.1. The van der Waals surface area contributed by atoms with Crippen LogP contribution >= 0.6 is 0 Å². The molecule has 0 heterocycles. The van der Waals surface area contributed by atoms with Crippen LogP contribution in [-0.2, 0) is 14.9 Å². The minimum atomic E-state index is -4.41. The number of nitrogens with one attached hydrogen (secondary N) is 1. The third-order valence-corrected chi connectivity index (χ3v) is 7.68. The maximum absolute atomic E-state index is 11.6. The van der Waals surface area contributed by atoms with Gasteiger partial charge in [0, 0.05) is 0 Å². The fourth-order valence-corrected chi connectivity index (χ4v) is 5.68. The number of amides is 1. The van der Waals surface area contributed by atoms with Crippen LogP contribution in [0, 0.1) is 0 Å². The van der Waals surface area contributed by atoms with E-state index in [0.717, 1.165) is 25.3 Å². The molecule has 202 valence electrons. The minimum absolute atomic E-state index is 0. The molecular formula is C28H54NNaO4S. The zero-order chi connectivity index (χ0) is 25.5. The average molecular weight is 524 g/mol. The molecule has 0 bridgehead atoms. The van der Waals surface area contributed by atoms with Crippen LogP contribution in [0.5, 0.6) is 0 Å². The maximum Gasteiger partial charge on any atom is 1.00 e. The third-order valence-electron chi connectivity index (χ3n) is 6.69. The Hall–Kier alpha value is 0.120. The second-order valence-electron chi connectivity index (χ2n) is 10.4. The number of hydrogen-bond donors (Lipinski definition) is 1. The summed E-state index contributed by atoms with van der Waals surface area (Å²) in [4.78, 5) is 11.6. The molecule has 35 heavy (non-hydrogen) atoms.